The van der Waals surface area contributed by atoms with Crippen molar-refractivity contribution in [2.45, 2.75) is 18.1 Å². The van der Waals surface area contributed by atoms with E-state index in [1.807, 2.05) is 6.92 Å². The summed E-state index contributed by atoms with van der Waals surface area (Å²) < 4.78 is 34.0. The standard InChI is InChI=1S/C13H14ClN3O3S/c1-9-8-17(11-7-10(14)3-4-12(11)20-9)21(18,19)13-5-6-15-16(13)2/h3-7,9H,8H2,1-2H3. The van der Waals surface area contributed by atoms with Gasteiger partial charge in [0.25, 0.3) is 10.0 Å². The van der Waals surface area contributed by atoms with Gasteiger partial charge < -0.3 is 4.74 Å². The van der Waals surface area contributed by atoms with E-state index in [-0.39, 0.29) is 17.7 Å². The predicted octanol–water partition coefficient (Wildman–Crippen LogP) is 2.05. The second-order valence-corrected chi connectivity index (χ2v) is 7.12. The quantitative estimate of drug-likeness (QED) is 0.847. The fourth-order valence-corrected chi connectivity index (χ4v) is 4.14. The van der Waals surface area contributed by atoms with E-state index in [2.05, 4.69) is 5.10 Å². The normalized spacial score (nSPS) is 18.2. The number of anilines is 1. The van der Waals surface area contributed by atoms with Crippen LogP contribution >= 0.6 is 11.6 Å². The van der Waals surface area contributed by atoms with Gasteiger partial charge >= 0.3 is 0 Å². The van der Waals surface area contributed by atoms with Gasteiger partial charge in [-0.15, -0.1) is 0 Å². The van der Waals surface area contributed by atoms with Gasteiger partial charge in [0.2, 0.25) is 0 Å². The zero-order valence-corrected chi connectivity index (χ0v) is 13.1. The Morgan fingerprint density at radius 2 is 2.14 bits per heavy atom. The average molecular weight is 328 g/mol. The molecule has 0 radical (unpaired) electrons. The number of aryl methyl sites for hydroxylation is 1. The minimum absolute atomic E-state index is 0.127. The fourth-order valence-electron chi connectivity index (χ4n) is 2.33. The Kier molecular flexibility index (Phi) is 3.33. The number of fused-ring (bicyclic) bond motifs is 1. The van der Waals surface area contributed by atoms with E-state index in [1.165, 1.54) is 21.3 Å². The van der Waals surface area contributed by atoms with Crippen LogP contribution in [0.2, 0.25) is 5.02 Å². The van der Waals surface area contributed by atoms with Gasteiger partial charge in [-0.2, -0.15) is 13.5 Å². The number of hydrogen-bond acceptors (Lipinski definition) is 4. The molecule has 1 atom stereocenters. The molecule has 112 valence electrons. The monoisotopic (exact) mass is 327 g/mol. The van der Waals surface area contributed by atoms with Crippen molar-refractivity contribution >= 4 is 27.3 Å². The maximum absolute atomic E-state index is 12.9. The third-order valence-corrected chi connectivity index (χ3v) is 5.36. The van der Waals surface area contributed by atoms with E-state index in [0.717, 1.165) is 0 Å². The largest absolute Gasteiger partial charge is 0.487 e. The third kappa shape index (κ3) is 2.36. The van der Waals surface area contributed by atoms with Gasteiger partial charge in [0, 0.05) is 12.1 Å². The van der Waals surface area contributed by atoms with Crippen molar-refractivity contribution in [2.75, 3.05) is 10.8 Å². The molecule has 2 heterocycles. The molecule has 1 aliphatic heterocycles. The summed E-state index contributed by atoms with van der Waals surface area (Å²) in [5.74, 6) is 0.504. The summed E-state index contributed by atoms with van der Waals surface area (Å²) in [6.07, 6.45) is 1.21. The molecular formula is C13H14ClN3O3S. The highest BCUT2D eigenvalue weighted by atomic mass is 35.5. The third-order valence-electron chi connectivity index (χ3n) is 3.27. The Labute approximate surface area is 127 Å². The lowest BCUT2D eigenvalue weighted by Gasteiger charge is -2.34. The maximum Gasteiger partial charge on any atom is 0.281 e. The van der Waals surface area contributed by atoms with Crippen LogP contribution in [-0.4, -0.2) is 30.8 Å². The Morgan fingerprint density at radius 3 is 2.81 bits per heavy atom. The number of aromatic nitrogens is 2. The fraction of sp³-hybridized carbons (Fsp3) is 0.308. The number of ether oxygens (including phenoxy) is 1. The number of rotatable bonds is 2. The molecular weight excluding hydrogens is 314 g/mol. The minimum atomic E-state index is -3.72. The predicted molar refractivity (Wildman–Crippen MR) is 79.3 cm³/mol. The first kappa shape index (κ1) is 14.2. The summed E-state index contributed by atoms with van der Waals surface area (Å²) in [7, 11) is -2.12. The zero-order chi connectivity index (χ0) is 15.2. The van der Waals surface area contributed by atoms with Crippen LogP contribution in [0.3, 0.4) is 0 Å². The van der Waals surface area contributed by atoms with E-state index in [9.17, 15) is 8.42 Å². The molecule has 0 N–H and O–H groups in total. The van der Waals surface area contributed by atoms with Crippen molar-refractivity contribution < 1.29 is 13.2 Å². The summed E-state index contributed by atoms with van der Waals surface area (Å²) in [5.41, 5.74) is 0.446. The van der Waals surface area contributed by atoms with Crippen LogP contribution in [0.1, 0.15) is 6.92 Å². The molecule has 0 fully saturated rings. The lowest BCUT2D eigenvalue weighted by atomic mass is 10.2. The molecule has 3 rings (SSSR count). The number of halogens is 1. The van der Waals surface area contributed by atoms with Crippen molar-refractivity contribution in [2.24, 2.45) is 7.05 Å². The van der Waals surface area contributed by atoms with Crippen molar-refractivity contribution in [1.82, 2.24) is 9.78 Å². The molecule has 1 aliphatic rings. The molecule has 8 heteroatoms. The molecule has 0 amide bonds. The summed E-state index contributed by atoms with van der Waals surface area (Å²) in [4.78, 5) is 0. The van der Waals surface area contributed by atoms with Gasteiger partial charge in [-0.1, -0.05) is 11.6 Å². The Balaban J connectivity index is 2.15. The van der Waals surface area contributed by atoms with E-state index < -0.39 is 10.0 Å². The molecule has 1 aromatic carbocycles. The van der Waals surface area contributed by atoms with E-state index in [1.54, 1.807) is 25.2 Å². The molecule has 2 aromatic rings. The van der Waals surface area contributed by atoms with Crippen LogP contribution in [-0.2, 0) is 17.1 Å². The van der Waals surface area contributed by atoms with Crippen molar-refractivity contribution in [3.8, 4) is 5.75 Å². The highest BCUT2D eigenvalue weighted by Gasteiger charge is 2.34. The molecule has 0 spiro atoms. The number of benzene rings is 1. The second-order valence-electron chi connectivity index (χ2n) is 4.87. The van der Waals surface area contributed by atoms with Gasteiger partial charge in [0.15, 0.2) is 5.03 Å². The van der Waals surface area contributed by atoms with Crippen LogP contribution in [0, 0.1) is 0 Å². The Hall–Kier alpha value is -1.73. The molecule has 0 saturated carbocycles. The van der Waals surface area contributed by atoms with Crippen molar-refractivity contribution in [3.63, 3.8) is 0 Å². The molecule has 6 nitrogen and oxygen atoms in total. The SMILES string of the molecule is CC1CN(S(=O)(=O)c2ccnn2C)c2cc(Cl)ccc2O1. The summed E-state index contributed by atoms with van der Waals surface area (Å²) in [6, 6.07) is 6.42. The molecule has 1 unspecified atom stereocenters. The van der Waals surface area contributed by atoms with Gasteiger partial charge in [0.1, 0.15) is 11.9 Å². The molecule has 1 aromatic heterocycles. The molecule has 0 saturated heterocycles. The van der Waals surface area contributed by atoms with Crippen LogP contribution in [0.5, 0.6) is 5.75 Å². The summed E-state index contributed by atoms with van der Waals surface area (Å²) in [6.45, 7) is 2.05. The summed E-state index contributed by atoms with van der Waals surface area (Å²) in [5, 5.41) is 4.51. The number of hydrogen-bond donors (Lipinski definition) is 0. The van der Waals surface area contributed by atoms with Crippen LogP contribution in [0.15, 0.2) is 35.5 Å². The lowest BCUT2D eigenvalue weighted by Crippen LogP contribution is -2.42. The smallest absolute Gasteiger partial charge is 0.281 e. The molecule has 21 heavy (non-hydrogen) atoms. The lowest BCUT2D eigenvalue weighted by molar-refractivity contribution is 0.219. The number of sulfonamides is 1. The topological polar surface area (TPSA) is 64.4 Å². The zero-order valence-electron chi connectivity index (χ0n) is 11.5. The second kappa shape index (κ2) is 4.92. The molecule has 0 bridgehead atoms. The van der Waals surface area contributed by atoms with Crippen LogP contribution < -0.4 is 9.04 Å². The Morgan fingerprint density at radius 1 is 1.38 bits per heavy atom. The molecule has 0 aliphatic carbocycles. The number of nitrogens with zero attached hydrogens (tertiary/aromatic N) is 3. The van der Waals surface area contributed by atoms with Gasteiger partial charge in [-0.05, 0) is 31.2 Å². The highest BCUT2D eigenvalue weighted by Crippen LogP contribution is 2.38. The maximum atomic E-state index is 12.9. The first-order valence-corrected chi connectivity index (χ1v) is 8.18. The average Bonchev–Trinajstić information content (AvgIpc) is 2.85. The minimum Gasteiger partial charge on any atom is -0.487 e. The van der Waals surface area contributed by atoms with E-state index >= 15 is 0 Å². The van der Waals surface area contributed by atoms with Crippen molar-refractivity contribution in [3.05, 3.63) is 35.5 Å². The van der Waals surface area contributed by atoms with Crippen LogP contribution in [0.25, 0.3) is 0 Å². The first-order valence-electron chi connectivity index (χ1n) is 6.36. The Bertz CT molecular complexity index is 788. The van der Waals surface area contributed by atoms with Crippen molar-refractivity contribution in [1.29, 1.82) is 0 Å². The summed E-state index contributed by atoms with van der Waals surface area (Å²) >= 11 is 5.99. The van der Waals surface area contributed by atoms with Crippen LogP contribution in [0.4, 0.5) is 5.69 Å². The van der Waals surface area contributed by atoms with E-state index in [4.69, 9.17) is 16.3 Å². The van der Waals surface area contributed by atoms with Gasteiger partial charge in [0.05, 0.1) is 18.4 Å². The van der Waals surface area contributed by atoms with E-state index in [0.29, 0.717) is 16.5 Å². The first-order chi connectivity index (χ1) is 9.89. The van der Waals surface area contributed by atoms with Gasteiger partial charge in [-0.3, -0.25) is 8.99 Å². The highest BCUT2D eigenvalue weighted by molar-refractivity contribution is 7.92. The van der Waals surface area contributed by atoms with Gasteiger partial charge in [-0.25, -0.2) is 0 Å².